The molecule has 0 bridgehead atoms. The molecular formula is C16H19N. The van der Waals surface area contributed by atoms with Crippen LogP contribution in [0.5, 0.6) is 0 Å². The largest absolute Gasteiger partial charge is 0.344 e. The first-order chi connectivity index (χ1) is 8.08. The van der Waals surface area contributed by atoms with E-state index in [0.717, 1.165) is 0 Å². The van der Waals surface area contributed by atoms with Crippen molar-refractivity contribution in [2.75, 3.05) is 0 Å². The summed E-state index contributed by atoms with van der Waals surface area (Å²) in [5, 5.41) is 1.45. The third-order valence-corrected chi connectivity index (χ3v) is 3.88. The second kappa shape index (κ2) is 3.49. The van der Waals surface area contributed by atoms with Gasteiger partial charge in [0.25, 0.3) is 0 Å². The van der Waals surface area contributed by atoms with Gasteiger partial charge in [-0.3, -0.25) is 0 Å². The van der Waals surface area contributed by atoms with Crippen molar-refractivity contribution in [2.45, 2.75) is 27.2 Å². The van der Waals surface area contributed by atoms with Crippen LogP contribution in [0.3, 0.4) is 0 Å². The number of hydrogen-bond donors (Lipinski definition) is 0. The number of hydrogen-bond acceptors (Lipinski definition) is 0. The van der Waals surface area contributed by atoms with Gasteiger partial charge in [-0.15, -0.1) is 0 Å². The van der Waals surface area contributed by atoms with Crippen molar-refractivity contribution in [1.29, 1.82) is 0 Å². The van der Waals surface area contributed by atoms with E-state index in [2.05, 4.69) is 56.7 Å². The highest BCUT2D eigenvalue weighted by atomic mass is 15.0. The fourth-order valence-electron chi connectivity index (χ4n) is 3.17. The predicted molar refractivity (Wildman–Crippen MR) is 74.3 cm³/mol. The van der Waals surface area contributed by atoms with E-state index in [1.54, 1.807) is 0 Å². The molecule has 1 aliphatic rings. The molecule has 1 nitrogen and oxygen atoms in total. The van der Waals surface area contributed by atoms with Gasteiger partial charge < -0.3 is 4.57 Å². The standard InChI is InChI=1S/C16H19N/c1-10-5-6-15-13(8-10)14-9-11(2)7-12(3)16(14)17(15)4/h5-7,9-10H,8H2,1-4H3. The molecule has 0 fully saturated rings. The summed E-state index contributed by atoms with van der Waals surface area (Å²) in [4.78, 5) is 0. The molecule has 0 saturated heterocycles. The van der Waals surface area contributed by atoms with Gasteiger partial charge in [-0.05, 0) is 49.5 Å². The minimum atomic E-state index is 0.661. The van der Waals surface area contributed by atoms with Crippen LogP contribution in [0, 0.1) is 19.8 Å². The molecule has 0 amide bonds. The van der Waals surface area contributed by atoms with Crippen LogP contribution in [-0.2, 0) is 13.5 Å². The molecule has 1 aromatic heterocycles. The van der Waals surface area contributed by atoms with Gasteiger partial charge in [0, 0.05) is 18.1 Å². The average molecular weight is 225 g/mol. The van der Waals surface area contributed by atoms with Crippen LogP contribution in [0.15, 0.2) is 18.2 Å². The molecule has 0 N–H and O–H groups in total. The zero-order chi connectivity index (χ0) is 12.2. The van der Waals surface area contributed by atoms with E-state index < -0.39 is 0 Å². The Morgan fingerprint density at radius 2 is 2.00 bits per heavy atom. The highest BCUT2D eigenvalue weighted by Gasteiger charge is 2.19. The van der Waals surface area contributed by atoms with Gasteiger partial charge in [-0.1, -0.05) is 24.6 Å². The minimum absolute atomic E-state index is 0.661. The molecule has 1 aromatic carbocycles. The van der Waals surface area contributed by atoms with E-state index in [4.69, 9.17) is 0 Å². The van der Waals surface area contributed by atoms with Crippen LogP contribution in [0.1, 0.15) is 29.3 Å². The summed E-state index contributed by atoms with van der Waals surface area (Å²) in [6.45, 7) is 6.70. The second-order valence-corrected chi connectivity index (χ2v) is 5.44. The van der Waals surface area contributed by atoms with E-state index in [1.165, 1.54) is 39.7 Å². The lowest BCUT2D eigenvalue weighted by Crippen LogP contribution is -2.03. The molecule has 2 aromatic rings. The Bertz CT molecular complexity index is 629. The zero-order valence-corrected chi connectivity index (χ0v) is 11.0. The van der Waals surface area contributed by atoms with Crippen LogP contribution >= 0.6 is 0 Å². The summed E-state index contributed by atoms with van der Waals surface area (Å²) in [5.41, 5.74) is 7.08. The fourth-order valence-corrected chi connectivity index (χ4v) is 3.17. The first-order valence-corrected chi connectivity index (χ1v) is 6.34. The highest BCUT2D eigenvalue weighted by Crippen LogP contribution is 2.34. The molecular weight excluding hydrogens is 206 g/mol. The molecule has 1 heterocycles. The molecule has 0 saturated carbocycles. The summed E-state index contributed by atoms with van der Waals surface area (Å²) in [5.74, 6) is 0.661. The molecule has 1 heteroatoms. The topological polar surface area (TPSA) is 4.93 Å². The molecule has 1 atom stereocenters. The number of benzene rings is 1. The van der Waals surface area contributed by atoms with Crippen molar-refractivity contribution in [1.82, 2.24) is 4.57 Å². The van der Waals surface area contributed by atoms with Crippen molar-refractivity contribution < 1.29 is 0 Å². The number of aryl methyl sites for hydroxylation is 3. The maximum Gasteiger partial charge on any atom is 0.0515 e. The van der Waals surface area contributed by atoms with E-state index in [9.17, 15) is 0 Å². The second-order valence-electron chi connectivity index (χ2n) is 5.44. The lowest BCUT2D eigenvalue weighted by atomic mass is 9.92. The smallest absolute Gasteiger partial charge is 0.0515 e. The number of fused-ring (bicyclic) bond motifs is 3. The maximum absolute atomic E-state index is 2.35. The van der Waals surface area contributed by atoms with Gasteiger partial charge in [-0.25, -0.2) is 0 Å². The Balaban J connectivity index is 2.43. The molecule has 1 aliphatic carbocycles. The van der Waals surface area contributed by atoms with Crippen molar-refractivity contribution in [2.24, 2.45) is 13.0 Å². The third kappa shape index (κ3) is 1.45. The van der Waals surface area contributed by atoms with Crippen LogP contribution < -0.4 is 0 Å². The summed E-state index contributed by atoms with van der Waals surface area (Å²) in [6, 6.07) is 4.62. The molecule has 0 spiro atoms. The fraction of sp³-hybridized carbons (Fsp3) is 0.375. The number of allylic oxidation sites excluding steroid dienone is 1. The zero-order valence-electron chi connectivity index (χ0n) is 11.0. The van der Waals surface area contributed by atoms with Crippen molar-refractivity contribution in [3.63, 3.8) is 0 Å². The van der Waals surface area contributed by atoms with Gasteiger partial charge in [0.15, 0.2) is 0 Å². The Morgan fingerprint density at radius 1 is 1.24 bits per heavy atom. The van der Waals surface area contributed by atoms with Crippen LogP contribution in [0.4, 0.5) is 0 Å². The monoisotopic (exact) mass is 225 g/mol. The van der Waals surface area contributed by atoms with Crippen molar-refractivity contribution in [3.8, 4) is 0 Å². The molecule has 3 rings (SSSR count). The van der Waals surface area contributed by atoms with Gasteiger partial charge in [0.1, 0.15) is 0 Å². The van der Waals surface area contributed by atoms with E-state index in [1.807, 2.05) is 0 Å². The molecule has 1 unspecified atom stereocenters. The van der Waals surface area contributed by atoms with Gasteiger partial charge >= 0.3 is 0 Å². The Morgan fingerprint density at radius 3 is 2.76 bits per heavy atom. The van der Waals surface area contributed by atoms with E-state index in [-0.39, 0.29) is 0 Å². The minimum Gasteiger partial charge on any atom is -0.344 e. The number of nitrogens with zero attached hydrogens (tertiary/aromatic N) is 1. The Labute approximate surface area is 103 Å². The maximum atomic E-state index is 2.35. The van der Waals surface area contributed by atoms with Crippen LogP contribution in [-0.4, -0.2) is 4.57 Å². The number of aromatic nitrogens is 1. The third-order valence-electron chi connectivity index (χ3n) is 3.88. The normalized spacial score (nSPS) is 18.7. The summed E-state index contributed by atoms with van der Waals surface area (Å²) in [6.07, 6.45) is 5.79. The summed E-state index contributed by atoms with van der Waals surface area (Å²) >= 11 is 0. The first kappa shape index (κ1) is 10.6. The van der Waals surface area contributed by atoms with E-state index in [0.29, 0.717) is 5.92 Å². The van der Waals surface area contributed by atoms with Gasteiger partial charge in [0.2, 0.25) is 0 Å². The highest BCUT2D eigenvalue weighted by molar-refractivity contribution is 5.91. The molecule has 17 heavy (non-hydrogen) atoms. The van der Waals surface area contributed by atoms with E-state index >= 15 is 0 Å². The van der Waals surface area contributed by atoms with Crippen LogP contribution in [0.2, 0.25) is 0 Å². The van der Waals surface area contributed by atoms with Crippen molar-refractivity contribution >= 4 is 17.0 Å². The van der Waals surface area contributed by atoms with Gasteiger partial charge in [-0.2, -0.15) is 0 Å². The average Bonchev–Trinajstić information content (AvgIpc) is 2.52. The Kier molecular flexibility index (Phi) is 2.19. The Hall–Kier alpha value is -1.50. The molecule has 88 valence electrons. The lowest BCUT2D eigenvalue weighted by Gasteiger charge is -2.13. The molecule has 0 radical (unpaired) electrons. The number of rotatable bonds is 0. The SMILES string of the molecule is Cc1cc(C)c2c(c1)c1c(n2C)C=CC(C)C1. The van der Waals surface area contributed by atoms with Gasteiger partial charge in [0.05, 0.1) is 5.52 Å². The quantitative estimate of drug-likeness (QED) is 0.638. The first-order valence-electron chi connectivity index (χ1n) is 6.34. The predicted octanol–water partition coefficient (Wildman–Crippen LogP) is 4.00. The lowest BCUT2D eigenvalue weighted by molar-refractivity contribution is 0.714. The van der Waals surface area contributed by atoms with Crippen LogP contribution in [0.25, 0.3) is 17.0 Å². The van der Waals surface area contributed by atoms with Crippen molar-refractivity contribution in [3.05, 3.63) is 40.6 Å². The summed E-state index contributed by atoms with van der Waals surface area (Å²) in [7, 11) is 2.18. The molecule has 0 aliphatic heterocycles. The summed E-state index contributed by atoms with van der Waals surface area (Å²) < 4.78 is 2.35.